The van der Waals surface area contributed by atoms with Gasteiger partial charge in [-0.1, -0.05) is 79.3 Å². The van der Waals surface area contributed by atoms with Crippen molar-refractivity contribution in [1.82, 2.24) is 20.5 Å². The van der Waals surface area contributed by atoms with Crippen LogP contribution in [-0.4, -0.2) is 32.9 Å². The van der Waals surface area contributed by atoms with Gasteiger partial charge in [-0.05, 0) is 18.4 Å². The number of hydrogen-bond donors (Lipinski definition) is 2. The van der Waals surface area contributed by atoms with Gasteiger partial charge in [0, 0.05) is 12.1 Å². The Morgan fingerprint density at radius 2 is 1.73 bits per heavy atom. The first-order valence-corrected chi connectivity index (χ1v) is 9.48. The molecule has 134 valence electrons. The summed E-state index contributed by atoms with van der Waals surface area (Å²) >= 11 is 1.35. The Balaban J connectivity index is 1.52. The molecule has 0 bridgehead atoms. The number of rotatable bonds is 7. The van der Waals surface area contributed by atoms with E-state index in [4.69, 9.17) is 0 Å². The fourth-order valence-electron chi connectivity index (χ4n) is 2.53. The largest absolute Gasteiger partial charge is 0.355 e. The predicted octanol–water partition coefficient (Wildman–Crippen LogP) is 3.87. The molecule has 1 heterocycles. The van der Waals surface area contributed by atoms with Gasteiger partial charge in [-0.25, -0.2) is 4.98 Å². The number of nitrogens with one attached hydrogen (secondary N) is 2. The Labute approximate surface area is 157 Å². The molecule has 5 nitrogen and oxygen atoms in total. The van der Waals surface area contributed by atoms with Gasteiger partial charge in [0.2, 0.25) is 11.1 Å². The maximum atomic E-state index is 12.4. The first kappa shape index (κ1) is 18.2. The highest BCUT2D eigenvalue weighted by Gasteiger charge is 2.18. The summed E-state index contributed by atoms with van der Waals surface area (Å²) in [4.78, 5) is 16.8. The van der Waals surface area contributed by atoms with Gasteiger partial charge in [0.1, 0.15) is 0 Å². The number of nitrogens with zero attached hydrogens (tertiary/aromatic N) is 2. The lowest BCUT2D eigenvalue weighted by Gasteiger charge is -2.15. The summed E-state index contributed by atoms with van der Waals surface area (Å²) in [6.07, 6.45) is 0. The molecular weight excluding hydrogens is 344 g/mol. The van der Waals surface area contributed by atoms with E-state index in [2.05, 4.69) is 39.6 Å². The number of aromatic nitrogens is 3. The number of carbonyl (C=O) groups excluding carboxylic acids is 1. The minimum Gasteiger partial charge on any atom is -0.355 e. The summed E-state index contributed by atoms with van der Waals surface area (Å²) in [6.45, 7) is 4.58. The van der Waals surface area contributed by atoms with E-state index in [1.807, 2.05) is 55.5 Å². The van der Waals surface area contributed by atoms with Gasteiger partial charge in [-0.3, -0.25) is 9.89 Å². The molecule has 2 N–H and O–H groups in total. The highest BCUT2D eigenvalue weighted by atomic mass is 32.2. The quantitative estimate of drug-likeness (QED) is 0.623. The van der Waals surface area contributed by atoms with Crippen LogP contribution in [0.2, 0.25) is 0 Å². The summed E-state index contributed by atoms with van der Waals surface area (Å²) < 4.78 is 0. The number of thioether (sulfide) groups is 1. The molecule has 0 aliphatic carbocycles. The van der Waals surface area contributed by atoms with Gasteiger partial charge < -0.3 is 5.32 Å². The molecule has 1 aromatic heterocycles. The van der Waals surface area contributed by atoms with Crippen LogP contribution in [0.3, 0.4) is 0 Å². The molecule has 0 saturated carbocycles. The number of H-pyrrole nitrogens is 1. The molecular formula is C20H22N4OS. The molecule has 26 heavy (non-hydrogen) atoms. The summed E-state index contributed by atoms with van der Waals surface area (Å²) in [6, 6.07) is 20.0. The van der Waals surface area contributed by atoms with E-state index >= 15 is 0 Å². The Kier molecular flexibility index (Phi) is 6.07. The third-order valence-electron chi connectivity index (χ3n) is 4.11. The van der Waals surface area contributed by atoms with E-state index in [0.717, 1.165) is 5.56 Å². The Hall–Kier alpha value is -2.60. The summed E-state index contributed by atoms with van der Waals surface area (Å²) in [7, 11) is 0. The Bertz CT molecular complexity index is 835. The lowest BCUT2D eigenvalue weighted by molar-refractivity contribution is -0.120. The first-order chi connectivity index (χ1) is 12.6. The zero-order valence-corrected chi connectivity index (χ0v) is 15.7. The molecule has 2 atom stereocenters. The van der Waals surface area contributed by atoms with Crippen molar-refractivity contribution in [2.75, 3.05) is 6.54 Å². The van der Waals surface area contributed by atoms with Crippen LogP contribution in [-0.2, 0) is 4.79 Å². The number of carbonyl (C=O) groups is 1. The van der Waals surface area contributed by atoms with Crippen LogP contribution in [0.4, 0.5) is 0 Å². The van der Waals surface area contributed by atoms with Crippen molar-refractivity contribution in [2.24, 2.45) is 0 Å². The topological polar surface area (TPSA) is 70.7 Å². The maximum Gasteiger partial charge on any atom is 0.233 e. The standard InChI is InChI=1S/C20H22N4OS/c1-14(16-9-5-3-6-10-16)13-21-19(25)15(2)26-20-22-18(23-24-20)17-11-7-4-8-12-17/h3-12,14-15H,13H2,1-2H3,(H,21,25)(H,22,23,24). The number of aromatic amines is 1. The highest BCUT2D eigenvalue weighted by molar-refractivity contribution is 8.00. The lowest BCUT2D eigenvalue weighted by Crippen LogP contribution is -2.33. The van der Waals surface area contributed by atoms with Crippen molar-refractivity contribution < 1.29 is 4.79 Å². The van der Waals surface area contributed by atoms with Gasteiger partial charge in [-0.15, -0.1) is 5.10 Å². The van der Waals surface area contributed by atoms with Crippen LogP contribution in [0.1, 0.15) is 25.3 Å². The maximum absolute atomic E-state index is 12.4. The van der Waals surface area contributed by atoms with E-state index in [-0.39, 0.29) is 17.1 Å². The second-order valence-corrected chi connectivity index (χ2v) is 7.46. The minimum atomic E-state index is -0.266. The predicted molar refractivity (Wildman–Crippen MR) is 105 cm³/mol. The van der Waals surface area contributed by atoms with Crippen LogP contribution in [0, 0.1) is 0 Å². The second kappa shape index (κ2) is 8.67. The van der Waals surface area contributed by atoms with Crippen LogP contribution in [0.5, 0.6) is 0 Å². The van der Waals surface area contributed by atoms with Crippen molar-refractivity contribution in [3.63, 3.8) is 0 Å². The average Bonchev–Trinajstić information content (AvgIpc) is 3.15. The molecule has 2 aromatic carbocycles. The number of amides is 1. The summed E-state index contributed by atoms with van der Waals surface area (Å²) in [5.74, 6) is 0.966. The van der Waals surface area contributed by atoms with Gasteiger partial charge in [0.05, 0.1) is 5.25 Å². The molecule has 3 aromatic rings. The van der Waals surface area contributed by atoms with Crippen molar-refractivity contribution in [3.05, 3.63) is 66.2 Å². The Morgan fingerprint density at radius 3 is 2.42 bits per heavy atom. The smallest absolute Gasteiger partial charge is 0.233 e. The SMILES string of the molecule is CC(Sc1n[nH]c(-c2ccccc2)n1)C(=O)NCC(C)c1ccccc1. The van der Waals surface area contributed by atoms with Gasteiger partial charge in [0.25, 0.3) is 0 Å². The fraction of sp³-hybridized carbons (Fsp3) is 0.250. The van der Waals surface area contributed by atoms with E-state index in [1.165, 1.54) is 17.3 Å². The average molecular weight is 366 g/mol. The number of hydrogen-bond acceptors (Lipinski definition) is 4. The lowest BCUT2D eigenvalue weighted by atomic mass is 10.0. The van der Waals surface area contributed by atoms with Crippen molar-refractivity contribution in [2.45, 2.75) is 30.2 Å². The third kappa shape index (κ3) is 4.73. The molecule has 0 aliphatic rings. The summed E-state index contributed by atoms with van der Waals surface area (Å²) in [5, 5.41) is 10.4. The van der Waals surface area contributed by atoms with Crippen molar-refractivity contribution >= 4 is 17.7 Å². The molecule has 0 fully saturated rings. The van der Waals surface area contributed by atoms with Crippen LogP contribution < -0.4 is 5.32 Å². The molecule has 0 saturated heterocycles. The van der Waals surface area contributed by atoms with E-state index in [0.29, 0.717) is 17.5 Å². The monoisotopic (exact) mass is 366 g/mol. The van der Waals surface area contributed by atoms with Gasteiger partial charge in [-0.2, -0.15) is 0 Å². The molecule has 3 rings (SSSR count). The van der Waals surface area contributed by atoms with Gasteiger partial charge >= 0.3 is 0 Å². The van der Waals surface area contributed by atoms with Crippen LogP contribution >= 0.6 is 11.8 Å². The molecule has 0 radical (unpaired) electrons. The van der Waals surface area contributed by atoms with Crippen molar-refractivity contribution in [3.8, 4) is 11.4 Å². The first-order valence-electron chi connectivity index (χ1n) is 8.60. The minimum absolute atomic E-state index is 0.0103. The molecule has 2 unspecified atom stereocenters. The zero-order valence-electron chi connectivity index (χ0n) is 14.8. The molecule has 1 amide bonds. The van der Waals surface area contributed by atoms with Crippen molar-refractivity contribution in [1.29, 1.82) is 0 Å². The summed E-state index contributed by atoms with van der Waals surface area (Å²) in [5.41, 5.74) is 2.19. The van der Waals surface area contributed by atoms with E-state index < -0.39 is 0 Å². The highest BCUT2D eigenvalue weighted by Crippen LogP contribution is 2.22. The molecule has 6 heteroatoms. The Morgan fingerprint density at radius 1 is 1.08 bits per heavy atom. The van der Waals surface area contributed by atoms with E-state index in [9.17, 15) is 4.79 Å². The second-order valence-electron chi connectivity index (χ2n) is 6.15. The molecule has 0 aliphatic heterocycles. The normalized spacial score (nSPS) is 13.2. The number of benzene rings is 2. The van der Waals surface area contributed by atoms with Crippen LogP contribution in [0.25, 0.3) is 11.4 Å². The van der Waals surface area contributed by atoms with Crippen LogP contribution in [0.15, 0.2) is 65.8 Å². The van der Waals surface area contributed by atoms with Gasteiger partial charge in [0.15, 0.2) is 5.82 Å². The molecule has 0 spiro atoms. The zero-order chi connectivity index (χ0) is 18.4. The third-order valence-corrected chi connectivity index (χ3v) is 5.08. The fourth-order valence-corrected chi connectivity index (χ4v) is 3.28. The van der Waals surface area contributed by atoms with E-state index in [1.54, 1.807) is 0 Å².